The topological polar surface area (TPSA) is 64.6 Å². The van der Waals surface area contributed by atoms with E-state index in [4.69, 9.17) is 9.47 Å². The monoisotopic (exact) mass is 509 g/mol. The number of alkyl carbamates (subject to hydrolysis) is 1. The Hall–Kier alpha value is -2.89. The Morgan fingerprint density at radius 2 is 2.08 bits per heavy atom. The Labute approximate surface area is 220 Å². The number of fused-ring (bicyclic) bond motifs is 2. The number of ether oxygens (including phenoxy) is 2. The van der Waals surface area contributed by atoms with E-state index in [0.29, 0.717) is 18.4 Å². The van der Waals surface area contributed by atoms with Crippen molar-refractivity contribution in [3.8, 4) is 0 Å². The fourth-order valence-corrected chi connectivity index (χ4v) is 7.39. The van der Waals surface area contributed by atoms with Gasteiger partial charge in [0, 0.05) is 13.4 Å². The molecule has 0 bridgehead atoms. The number of benzene rings is 1. The maximum Gasteiger partial charge on any atom is 0.407 e. The van der Waals surface area contributed by atoms with Crippen molar-refractivity contribution >= 4 is 17.6 Å². The summed E-state index contributed by atoms with van der Waals surface area (Å²) in [5.41, 5.74) is 3.35. The van der Waals surface area contributed by atoms with Crippen molar-refractivity contribution in [1.29, 1.82) is 0 Å². The number of halogens is 1. The standard InChI is InChI=1S/C31H38FNO4.H2/c1-4-36-31(35)33-24-10-13-26-22(16-24)17-28-29(19(3)37-30(28)34)27(26)12-9-20-8-11-25(18(2)14-20)21-6-5-7-23(32)15-21;/h5-9,11-12,15,18-19,22,24,26-29H,4,10,13-14,16-17H2,1-3H3,(H,33,35);1H/b12-9+;/t18?,19-,22+,24-,26+,27+,28+,29-;/m1./s1. The Kier molecular flexibility index (Phi) is 7.55. The van der Waals surface area contributed by atoms with Gasteiger partial charge in [0.15, 0.2) is 0 Å². The lowest BCUT2D eigenvalue weighted by atomic mass is 9.57. The summed E-state index contributed by atoms with van der Waals surface area (Å²) in [6, 6.07) is 6.89. The number of esters is 1. The van der Waals surface area contributed by atoms with Crippen LogP contribution in [0.4, 0.5) is 9.18 Å². The molecule has 1 amide bonds. The third kappa shape index (κ3) is 5.39. The summed E-state index contributed by atoms with van der Waals surface area (Å²) in [6.07, 6.45) is 13.0. The highest BCUT2D eigenvalue weighted by Gasteiger charge is 2.54. The van der Waals surface area contributed by atoms with Crippen molar-refractivity contribution in [2.45, 2.75) is 65.0 Å². The minimum Gasteiger partial charge on any atom is -0.462 e. The number of amides is 1. The Bertz CT molecular complexity index is 1130. The van der Waals surface area contributed by atoms with Crippen LogP contribution < -0.4 is 5.32 Å². The number of hydrogen-bond acceptors (Lipinski definition) is 4. The van der Waals surface area contributed by atoms with Crippen LogP contribution in [0.15, 0.2) is 54.1 Å². The highest BCUT2D eigenvalue weighted by Crippen LogP contribution is 2.53. The first kappa shape index (κ1) is 25.7. The van der Waals surface area contributed by atoms with Crippen LogP contribution in [0, 0.1) is 41.3 Å². The highest BCUT2D eigenvalue weighted by molar-refractivity contribution is 5.75. The maximum absolute atomic E-state index is 13.8. The molecule has 37 heavy (non-hydrogen) atoms. The average molecular weight is 510 g/mol. The van der Waals surface area contributed by atoms with Gasteiger partial charge in [-0.2, -0.15) is 0 Å². The largest absolute Gasteiger partial charge is 0.462 e. The normalized spacial score (nSPS) is 35.2. The quantitative estimate of drug-likeness (QED) is 0.448. The Balaban J connectivity index is 0.00000336. The first-order valence-corrected chi connectivity index (χ1v) is 13.8. The first-order valence-electron chi connectivity index (χ1n) is 13.8. The molecule has 1 aromatic carbocycles. The molecular weight excluding hydrogens is 469 g/mol. The van der Waals surface area contributed by atoms with Crippen LogP contribution in [-0.4, -0.2) is 30.8 Å². The highest BCUT2D eigenvalue weighted by atomic mass is 19.1. The predicted octanol–water partition coefficient (Wildman–Crippen LogP) is 6.71. The molecule has 1 saturated heterocycles. The first-order chi connectivity index (χ1) is 17.8. The van der Waals surface area contributed by atoms with Crippen LogP contribution in [0.1, 0.15) is 59.9 Å². The van der Waals surface area contributed by atoms with Crippen LogP contribution in [0.2, 0.25) is 0 Å². The van der Waals surface area contributed by atoms with E-state index in [1.54, 1.807) is 12.1 Å². The molecule has 6 heteroatoms. The molecule has 1 heterocycles. The molecule has 0 spiro atoms. The lowest BCUT2D eigenvalue weighted by Crippen LogP contribution is -2.48. The predicted molar refractivity (Wildman–Crippen MR) is 143 cm³/mol. The van der Waals surface area contributed by atoms with E-state index in [9.17, 15) is 14.0 Å². The van der Waals surface area contributed by atoms with Crippen molar-refractivity contribution < 1.29 is 24.9 Å². The van der Waals surface area contributed by atoms with Crippen LogP contribution >= 0.6 is 0 Å². The molecule has 0 radical (unpaired) electrons. The number of nitrogens with one attached hydrogen (secondary N) is 1. The van der Waals surface area contributed by atoms with E-state index in [1.807, 2.05) is 19.9 Å². The summed E-state index contributed by atoms with van der Waals surface area (Å²) in [4.78, 5) is 24.7. The van der Waals surface area contributed by atoms with Crippen molar-refractivity contribution in [3.05, 3.63) is 65.5 Å². The maximum atomic E-state index is 13.8. The van der Waals surface area contributed by atoms with Gasteiger partial charge >= 0.3 is 12.1 Å². The van der Waals surface area contributed by atoms with Crippen molar-refractivity contribution in [2.75, 3.05) is 6.61 Å². The van der Waals surface area contributed by atoms with Crippen LogP contribution in [0.3, 0.4) is 0 Å². The molecule has 3 aliphatic carbocycles. The van der Waals surface area contributed by atoms with Crippen LogP contribution in [0.25, 0.3) is 5.57 Å². The van der Waals surface area contributed by atoms with E-state index in [2.05, 4.69) is 36.5 Å². The summed E-state index contributed by atoms with van der Waals surface area (Å²) in [6.45, 7) is 6.39. The summed E-state index contributed by atoms with van der Waals surface area (Å²) < 4.78 is 24.6. The fraction of sp³-hybridized carbons (Fsp3) is 0.548. The van der Waals surface area contributed by atoms with E-state index in [1.165, 1.54) is 11.6 Å². The molecule has 3 fully saturated rings. The van der Waals surface area contributed by atoms with Gasteiger partial charge < -0.3 is 14.8 Å². The lowest BCUT2D eigenvalue weighted by Gasteiger charge is -2.47. The number of cyclic esters (lactones) is 1. The van der Waals surface area contributed by atoms with E-state index < -0.39 is 0 Å². The second kappa shape index (κ2) is 10.8. The lowest BCUT2D eigenvalue weighted by molar-refractivity contribution is -0.144. The number of allylic oxidation sites excluding steroid dienone is 6. The molecule has 200 valence electrons. The summed E-state index contributed by atoms with van der Waals surface area (Å²) in [7, 11) is 0. The zero-order valence-electron chi connectivity index (χ0n) is 22.0. The second-order valence-electron chi connectivity index (χ2n) is 11.3. The van der Waals surface area contributed by atoms with Gasteiger partial charge in [-0.05, 0) is 98.5 Å². The molecule has 1 N–H and O–H groups in total. The van der Waals surface area contributed by atoms with Crippen molar-refractivity contribution in [2.24, 2.45) is 35.5 Å². The van der Waals surface area contributed by atoms with E-state index in [0.717, 1.165) is 43.2 Å². The minimum absolute atomic E-state index is 0. The molecule has 0 aromatic heterocycles. The summed E-state index contributed by atoms with van der Waals surface area (Å²) >= 11 is 0. The molecule has 1 aliphatic heterocycles. The van der Waals surface area contributed by atoms with Gasteiger partial charge in [0.25, 0.3) is 0 Å². The smallest absolute Gasteiger partial charge is 0.407 e. The SMILES string of the molecule is CCOC(=O)N[C@@H]1CC[C@H]2[C@@H](C1)C[C@@H]1C(=O)O[C@H](C)[C@@H]1[C@H]2/C=C/C1=CC=C(c2cccc(F)c2)C(C)C1.[HH]. The van der Waals surface area contributed by atoms with Gasteiger partial charge in [0.1, 0.15) is 11.9 Å². The molecule has 1 unspecified atom stereocenters. The van der Waals surface area contributed by atoms with Gasteiger partial charge in [0.05, 0.1) is 12.5 Å². The third-order valence-corrected chi connectivity index (χ3v) is 8.99. The molecule has 8 atom stereocenters. The third-order valence-electron chi connectivity index (χ3n) is 8.99. The molecule has 5 rings (SSSR count). The Morgan fingerprint density at radius 3 is 2.84 bits per heavy atom. The molecule has 4 aliphatic rings. The van der Waals surface area contributed by atoms with Gasteiger partial charge in [-0.3, -0.25) is 4.79 Å². The average Bonchev–Trinajstić information content (AvgIpc) is 3.14. The number of carbonyl (C=O) groups is 2. The van der Waals surface area contributed by atoms with Crippen molar-refractivity contribution in [1.82, 2.24) is 5.32 Å². The van der Waals surface area contributed by atoms with E-state index >= 15 is 0 Å². The zero-order chi connectivity index (χ0) is 26.1. The number of carbonyl (C=O) groups excluding carboxylic acids is 2. The minimum atomic E-state index is -0.353. The molecule has 2 saturated carbocycles. The van der Waals surface area contributed by atoms with Gasteiger partial charge in [-0.1, -0.05) is 43.4 Å². The van der Waals surface area contributed by atoms with Crippen molar-refractivity contribution in [3.63, 3.8) is 0 Å². The number of rotatable bonds is 5. The molecule has 5 nitrogen and oxygen atoms in total. The molecule has 1 aromatic rings. The Morgan fingerprint density at radius 1 is 1.24 bits per heavy atom. The van der Waals surface area contributed by atoms with Crippen LogP contribution in [-0.2, 0) is 14.3 Å². The van der Waals surface area contributed by atoms with Gasteiger partial charge in [-0.25, -0.2) is 9.18 Å². The summed E-state index contributed by atoms with van der Waals surface area (Å²) in [5.74, 6) is 1.23. The van der Waals surface area contributed by atoms with Gasteiger partial charge in [0.2, 0.25) is 0 Å². The van der Waals surface area contributed by atoms with Crippen LogP contribution in [0.5, 0.6) is 0 Å². The number of hydrogen-bond donors (Lipinski definition) is 1. The summed E-state index contributed by atoms with van der Waals surface area (Å²) in [5, 5.41) is 3.02. The zero-order valence-corrected chi connectivity index (χ0v) is 22.0. The van der Waals surface area contributed by atoms with Gasteiger partial charge in [-0.15, -0.1) is 0 Å². The fourth-order valence-electron chi connectivity index (χ4n) is 7.39. The second-order valence-corrected chi connectivity index (χ2v) is 11.3. The molecular formula is C31H40FNO4. The van der Waals surface area contributed by atoms with E-state index in [-0.39, 0.29) is 55.1 Å².